The van der Waals surface area contributed by atoms with Crippen LogP contribution in [0.5, 0.6) is 0 Å². The molecule has 0 aromatic heterocycles. The maximum atomic E-state index is 12.1. The van der Waals surface area contributed by atoms with Gasteiger partial charge in [-0.3, -0.25) is 4.72 Å². The second kappa shape index (κ2) is 6.07. The van der Waals surface area contributed by atoms with Gasteiger partial charge >= 0.3 is 0 Å². The predicted octanol–water partition coefficient (Wildman–Crippen LogP) is 2.65. The summed E-state index contributed by atoms with van der Waals surface area (Å²) in [5.74, 6) is -0.0454. The van der Waals surface area contributed by atoms with E-state index in [9.17, 15) is 8.42 Å². The molecule has 1 unspecified atom stereocenters. The van der Waals surface area contributed by atoms with E-state index in [0.717, 1.165) is 11.1 Å². The van der Waals surface area contributed by atoms with Gasteiger partial charge in [-0.25, -0.2) is 8.42 Å². The van der Waals surface area contributed by atoms with Crippen molar-refractivity contribution >= 4 is 15.7 Å². The molecule has 0 aliphatic heterocycles. The average Bonchev–Trinajstić information content (AvgIpc) is 2.39. The quantitative estimate of drug-likeness (QED) is 0.889. The second-order valence-corrected chi connectivity index (χ2v) is 6.48. The van der Waals surface area contributed by atoms with Crippen LogP contribution in [0.3, 0.4) is 0 Å². The Morgan fingerprint density at radius 2 is 1.80 bits per heavy atom. The lowest BCUT2D eigenvalue weighted by atomic mass is 10.1. The molecule has 0 saturated carbocycles. The molecule has 20 heavy (non-hydrogen) atoms. The molecule has 0 aliphatic carbocycles. The number of hydrogen-bond acceptors (Lipinski definition) is 3. The highest BCUT2D eigenvalue weighted by molar-refractivity contribution is 7.91. The number of nitrogens with one attached hydrogen (secondary N) is 1. The molecule has 2 aromatic rings. The molecule has 1 atom stereocenters. The van der Waals surface area contributed by atoms with Crippen molar-refractivity contribution in [2.24, 2.45) is 5.73 Å². The summed E-state index contributed by atoms with van der Waals surface area (Å²) >= 11 is 0. The normalized spacial score (nSPS) is 12.9. The van der Waals surface area contributed by atoms with Crippen LogP contribution in [-0.2, 0) is 15.8 Å². The van der Waals surface area contributed by atoms with E-state index in [-0.39, 0.29) is 11.8 Å². The Hall–Kier alpha value is -1.85. The lowest BCUT2D eigenvalue weighted by Gasteiger charge is -2.11. The van der Waals surface area contributed by atoms with Crippen LogP contribution in [0.15, 0.2) is 54.6 Å². The van der Waals surface area contributed by atoms with E-state index in [0.29, 0.717) is 5.69 Å². The highest BCUT2D eigenvalue weighted by Crippen LogP contribution is 2.17. The highest BCUT2D eigenvalue weighted by Gasteiger charge is 2.12. The Labute approximate surface area is 119 Å². The van der Waals surface area contributed by atoms with Gasteiger partial charge in [0.15, 0.2) is 0 Å². The van der Waals surface area contributed by atoms with Crippen LogP contribution < -0.4 is 10.5 Å². The van der Waals surface area contributed by atoms with Gasteiger partial charge in [0, 0.05) is 11.7 Å². The molecule has 0 spiro atoms. The summed E-state index contributed by atoms with van der Waals surface area (Å²) in [6.07, 6.45) is 0. The third-order valence-electron chi connectivity index (χ3n) is 2.89. The highest BCUT2D eigenvalue weighted by atomic mass is 32.2. The topological polar surface area (TPSA) is 72.2 Å². The SMILES string of the molecule is CC(N)c1cccc(NS(=O)(=O)Cc2ccccc2)c1. The molecule has 0 fully saturated rings. The Kier molecular flexibility index (Phi) is 4.42. The average molecular weight is 290 g/mol. The van der Waals surface area contributed by atoms with Crippen molar-refractivity contribution < 1.29 is 8.42 Å². The summed E-state index contributed by atoms with van der Waals surface area (Å²) in [5, 5.41) is 0. The number of hydrogen-bond donors (Lipinski definition) is 2. The molecule has 4 nitrogen and oxygen atoms in total. The van der Waals surface area contributed by atoms with Gasteiger partial charge in [-0.05, 0) is 30.2 Å². The fourth-order valence-electron chi connectivity index (χ4n) is 1.89. The molecule has 0 amide bonds. The first-order valence-electron chi connectivity index (χ1n) is 6.36. The van der Waals surface area contributed by atoms with Crippen LogP contribution >= 0.6 is 0 Å². The second-order valence-electron chi connectivity index (χ2n) is 4.76. The Balaban J connectivity index is 2.14. The molecule has 106 valence electrons. The first-order chi connectivity index (χ1) is 9.46. The van der Waals surface area contributed by atoms with E-state index in [1.54, 1.807) is 30.3 Å². The third-order valence-corrected chi connectivity index (χ3v) is 4.15. The van der Waals surface area contributed by atoms with Crippen molar-refractivity contribution in [3.8, 4) is 0 Å². The van der Waals surface area contributed by atoms with Gasteiger partial charge in [0.1, 0.15) is 0 Å². The lowest BCUT2D eigenvalue weighted by Crippen LogP contribution is -2.15. The van der Waals surface area contributed by atoms with E-state index >= 15 is 0 Å². The zero-order valence-corrected chi connectivity index (χ0v) is 12.1. The first-order valence-corrected chi connectivity index (χ1v) is 8.01. The summed E-state index contributed by atoms with van der Waals surface area (Å²) in [7, 11) is -3.42. The van der Waals surface area contributed by atoms with Gasteiger partial charge in [-0.15, -0.1) is 0 Å². The number of rotatable bonds is 5. The van der Waals surface area contributed by atoms with Gasteiger partial charge in [0.2, 0.25) is 10.0 Å². The van der Waals surface area contributed by atoms with Crippen molar-refractivity contribution in [1.82, 2.24) is 0 Å². The summed E-state index contributed by atoms with van der Waals surface area (Å²) in [5.41, 5.74) is 7.98. The van der Waals surface area contributed by atoms with Gasteiger partial charge < -0.3 is 5.73 Å². The van der Waals surface area contributed by atoms with Crippen molar-refractivity contribution in [1.29, 1.82) is 0 Å². The molecule has 0 radical (unpaired) electrons. The molecule has 2 rings (SSSR count). The smallest absolute Gasteiger partial charge is 0.236 e. The van der Waals surface area contributed by atoms with E-state index in [1.165, 1.54) is 0 Å². The van der Waals surface area contributed by atoms with Crippen LogP contribution in [-0.4, -0.2) is 8.42 Å². The van der Waals surface area contributed by atoms with E-state index in [1.807, 2.05) is 31.2 Å². The molecule has 5 heteroatoms. The van der Waals surface area contributed by atoms with Crippen LogP contribution in [0.25, 0.3) is 0 Å². The summed E-state index contributed by atoms with van der Waals surface area (Å²) in [6, 6.07) is 16.1. The largest absolute Gasteiger partial charge is 0.324 e. The minimum Gasteiger partial charge on any atom is -0.324 e. The van der Waals surface area contributed by atoms with Gasteiger partial charge in [-0.2, -0.15) is 0 Å². The number of nitrogens with two attached hydrogens (primary N) is 1. The first kappa shape index (κ1) is 14.6. The van der Waals surface area contributed by atoms with Crippen LogP contribution in [0.2, 0.25) is 0 Å². The predicted molar refractivity (Wildman–Crippen MR) is 81.7 cm³/mol. The minimum absolute atomic E-state index is 0.0454. The summed E-state index contributed by atoms with van der Waals surface area (Å²) in [6.45, 7) is 1.86. The Bertz CT molecular complexity index is 667. The zero-order valence-electron chi connectivity index (χ0n) is 11.3. The molecular weight excluding hydrogens is 272 g/mol. The molecular formula is C15H18N2O2S. The van der Waals surface area contributed by atoms with Gasteiger partial charge in [-0.1, -0.05) is 42.5 Å². The zero-order chi connectivity index (χ0) is 14.6. The van der Waals surface area contributed by atoms with Crippen molar-refractivity contribution in [3.05, 3.63) is 65.7 Å². The van der Waals surface area contributed by atoms with E-state index < -0.39 is 10.0 Å². The molecule has 0 heterocycles. The van der Waals surface area contributed by atoms with Crippen LogP contribution in [0.4, 0.5) is 5.69 Å². The number of benzene rings is 2. The number of anilines is 1. The van der Waals surface area contributed by atoms with Crippen molar-refractivity contribution in [3.63, 3.8) is 0 Å². The fourth-order valence-corrected chi connectivity index (χ4v) is 3.08. The van der Waals surface area contributed by atoms with Crippen LogP contribution in [0, 0.1) is 0 Å². The van der Waals surface area contributed by atoms with Crippen LogP contribution in [0.1, 0.15) is 24.1 Å². The molecule has 0 saturated heterocycles. The van der Waals surface area contributed by atoms with Gasteiger partial charge in [0.05, 0.1) is 5.75 Å². The molecule has 3 N–H and O–H groups in total. The molecule has 2 aromatic carbocycles. The lowest BCUT2D eigenvalue weighted by molar-refractivity contribution is 0.600. The number of sulfonamides is 1. The van der Waals surface area contributed by atoms with Crippen molar-refractivity contribution in [2.45, 2.75) is 18.7 Å². The summed E-state index contributed by atoms with van der Waals surface area (Å²) < 4.78 is 26.8. The van der Waals surface area contributed by atoms with Crippen molar-refractivity contribution in [2.75, 3.05) is 4.72 Å². The van der Waals surface area contributed by atoms with Gasteiger partial charge in [0.25, 0.3) is 0 Å². The Morgan fingerprint density at radius 3 is 2.45 bits per heavy atom. The third kappa shape index (κ3) is 4.08. The Morgan fingerprint density at radius 1 is 1.10 bits per heavy atom. The van der Waals surface area contributed by atoms with E-state index in [4.69, 9.17) is 5.73 Å². The maximum absolute atomic E-state index is 12.1. The molecule has 0 bridgehead atoms. The van der Waals surface area contributed by atoms with E-state index in [2.05, 4.69) is 4.72 Å². The molecule has 0 aliphatic rings. The standard InChI is InChI=1S/C15H18N2O2S/c1-12(16)14-8-5-9-15(10-14)17-20(18,19)11-13-6-3-2-4-7-13/h2-10,12,17H,11,16H2,1H3. The minimum atomic E-state index is -3.42. The maximum Gasteiger partial charge on any atom is 0.236 e. The fraction of sp³-hybridized carbons (Fsp3) is 0.200. The monoisotopic (exact) mass is 290 g/mol. The summed E-state index contributed by atoms with van der Waals surface area (Å²) in [4.78, 5) is 0.